The van der Waals surface area contributed by atoms with Gasteiger partial charge in [-0.1, -0.05) is 22.0 Å². The van der Waals surface area contributed by atoms with E-state index >= 15 is 0 Å². The van der Waals surface area contributed by atoms with Crippen molar-refractivity contribution in [2.75, 3.05) is 18.4 Å². The summed E-state index contributed by atoms with van der Waals surface area (Å²) in [5, 5.41) is 10.3. The molecule has 1 aliphatic heterocycles. The lowest BCUT2D eigenvalue weighted by Gasteiger charge is -2.42. The van der Waals surface area contributed by atoms with Crippen molar-refractivity contribution in [3.63, 3.8) is 0 Å². The van der Waals surface area contributed by atoms with E-state index in [9.17, 15) is 14.3 Å². The number of morpholine rings is 1. The standard InChI is InChI=1S/C14H17BrFNO3/c1-14(2)8-17(7-9(6-15)20-14)13(19)12-10(16)4-3-5-11(12)18/h3-5,9,18H,6-8H2,1-2H3. The van der Waals surface area contributed by atoms with E-state index < -0.39 is 17.3 Å². The highest BCUT2D eigenvalue weighted by Gasteiger charge is 2.36. The van der Waals surface area contributed by atoms with E-state index in [1.165, 1.54) is 23.1 Å². The monoisotopic (exact) mass is 345 g/mol. The van der Waals surface area contributed by atoms with E-state index in [1.807, 2.05) is 13.8 Å². The van der Waals surface area contributed by atoms with Crippen LogP contribution in [-0.2, 0) is 4.74 Å². The summed E-state index contributed by atoms with van der Waals surface area (Å²) in [6.07, 6.45) is -0.156. The topological polar surface area (TPSA) is 49.8 Å². The molecular formula is C14H17BrFNO3. The third kappa shape index (κ3) is 3.12. The number of carbonyl (C=O) groups is 1. The van der Waals surface area contributed by atoms with Crippen LogP contribution in [0.5, 0.6) is 5.75 Å². The summed E-state index contributed by atoms with van der Waals surface area (Å²) in [7, 11) is 0. The first-order valence-corrected chi connectivity index (χ1v) is 7.47. The fourth-order valence-electron chi connectivity index (χ4n) is 2.41. The van der Waals surface area contributed by atoms with Crippen molar-refractivity contribution in [1.82, 2.24) is 4.90 Å². The van der Waals surface area contributed by atoms with Gasteiger partial charge in [-0.25, -0.2) is 4.39 Å². The van der Waals surface area contributed by atoms with Gasteiger partial charge in [-0.2, -0.15) is 0 Å². The van der Waals surface area contributed by atoms with Gasteiger partial charge < -0.3 is 14.7 Å². The minimum Gasteiger partial charge on any atom is -0.507 e. The first-order valence-electron chi connectivity index (χ1n) is 6.34. The van der Waals surface area contributed by atoms with Gasteiger partial charge >= 0.3 is 0 Å². The van der Waals surface area contributed by atoms with Crippen LogP contribution in [0.4, 0.5) is 4.39 Å². The first kappa shape index (κ1) is 15.3. The molecule has 0 bridgehead atoms. The van der Waals surface area contributed by atoms with Gasteiger partial charge in [-0.15, -0.1) is 0 Å². The minimum atomic E-state index is -0.713. The second-order valence-corrected chi connectivity index (χ2v) is 6.12. The Hall–Kier alpha value is -1.14. The van der Waals surface area contributed by atoms with Crippen molar-refractivity contribution in [3.05, 3.63) is 29.6 Å². The van der Waals surface area contributed by atoms with Crippen LogP contribution in [0.25, 0.3) is 0 Å². The molecule has 6 heteroatoms. The number of ether oxygens (including phenoxy) is 1. The molecule has 1 heterocycles. The number of hydrogen-bond donors (Lipinski definition) is 1. The summed E-state index contributed by atoms with van der Waals surface area (Å²) in [6.45, 7) is 4.47. The molecule has 0 radical (unpaired) electrons. The van der Waals surface area contributed by atoms with Crippen molar-refractivity contribution < 1.29 is 19.0 Å². The Labute approximate surface area is 125 Å². The van der Waals surface area contributed by atoms with Crippen LogP contribution >= 0.6 is 15.9 Å². The fourth-order valence-corrected chi connectivity index (χ4v) is 2.75. The van der Waals surface area contributed by atoms with Gasteiger partial charge in [0.15, 0.2) is 0 Å². The molecule has 1 atom stereocenters. The van der Waals surface area contributed by atoms with Crippen LogP contribution < -0.4 is 0 Å². The van der Waals surface area contributed by atoms with E-state index in [1.54, 1.807) is 0 Å². The number of halogens is 2. The molecule has 1 saturated heterocycles. The van der Waals surface area contributed by atoms with Gasteiger partial charge in [0, 0.05) is 18.4 Å². The zero-order valence-corrected chi connectivity index (χ0v) is 13.0. The van der Waals surface area contributed by atoms with Gasteiger partial charge in [-0.05, 0) is 26.0 Å². The smallest absolute Gasteiger partial charge is 0.260 e. The van der Waals surface area contributed by atoms with Gasteiger partial charge in [0.25, 0.3) is 5.91 Å². The Morgan fingerprint density at radius 1 is 1.60 bits per heavy atom. The highest BCUT2D eigenvalue weighted by atomic mass is 79.9. The predicted molar refractivity (Wildman–Crippen MR) is 76.7 cm³/mol. The van der Waals surface area contributed by atoms with Crippen LogP contribution in [0.2, 0.25) is 0 Å². The Morgan fingerprint density at radius 3 is 2.90 bits per heavy atom. The van der Waals surface area contributed by atoms with Crippen LogP contribution in [0.1, 0.15) is 24.2 Å². The van der Waals surface area contributed by atoms with Gasteiger partial charge in [0.2, 0.25) is 0 Å². The van der Waals surface area contributed by atoms with E-state index in [0.29, 0.717) is 18.4 Å². The molecule has 0 aromatic heterocycles. The minimum absolute atomic E-state index is 0.156. The SMILES string of the molecule is CC1(C)CN(C(=O)c2c(O)cccc2F)CC(CBr)O1. The predicted octanol–water partition coefficient (Wildman–Crippen LogP) is 2.55. The summed E-state index contributed by atoms with van der Waals surface area (Å²) in [5.41, 5.74) is -0.786. The second kappa shape index (κ2) is 5.69. The van der Waals surface area contributed by atoms with Gasteiger partial charge in [0.1, 0.15) is 17.1 Å². The molecule has 1 aliphatic rings. The number of alkyl halides is 1. The molecule has 1 unspecified atom stereocenters. The summed E-state index contributed by atoms with van der Waals surface area (Å²) >= 11 is 3.34. The zero-order valence-electron chi connectivity index (χ0n) is 11.4. The lowest BCUT2D eigenvalue weighted by Crippen LogP contribution is -2.55. The van der Waals surface area contributed by atoms with Crippen molar-refractivity contribution in [3.8, 4) is 5.75 Å². The number of rotatable bonds is 2. The Kier molecular flexibility index (Phi) is 4.34. The van der Waals surface area contributed by atoms with E-state index in [0.717, 1.165) is 0 Å². The van der Waals surface area contributed by atoms with Crippen LogP contribution in [0.3, 0.4) is 0 Å². The lowest BCUT2D eigenvalue weighted by atomic mass is 10.0. The number of nitrogens with zero attached hydrogens (tertiary/aromatic N) is 1. The molecule has 1 N–H and O–H groups in total. The summed E-state index contributed by atoms with van der Waals surface area (Å²) in [4.78, 5) is 14.0. The Bertz CT molecular complexity index is 501. The average molecular weight is 346 g/mol. The molecule has 110 valence electrons. The lowest BCUT2D eigenvalue weighted by molar-refractivity contribution is -0.116. The van der Waals surface area contributed by atoms with Gasteiger partial charge in [0.05, 0.1) is 11.7 Å². The zero-order chi connectivity index (χ0) is 14.9. The number of phenolic OH excluding ortho intramolecular Hbond substituents is 1. The molecule has 0 aliphatic carbocycles. The van der Waals surface area contributed by atoms with E-state index in [2.05, 4.69) is 15.9 Å². The highest BCUT2D eigenvalue weighted by molar-refractivity contribution is 9.09. The van der Waals surface area contributed by atoms with Crippen LogP contribution in [0.15, 0.2) is 18.2 Å². The fraction of sp³-hybridized carbons (Fsp3) is 0.500. The normalized spacial score (nSPS) is 21.8. The Morgan fingerprint density at radius 2 is 2.30 bits per heavy atom. The number of hydrogen-bond acceptors (Lipinski definition) is 3. The number of amides is 1. The Balaban J connectivity index is 2.28. The quantitative estimate of drug-likeness (QED) is 0.838. The second-order valence-electron chi connectivity index (χ2n) is 5.47. The number of phenols is 1. The van der Waals surface area contributed by atoms with Crippen molar-refractivity contribution in [2.45, 2.75) is 25.6 Å². The summed E-state index contributed by atoms with van der Waals surface area (Å²) in [6, 6.07) is 3.84. The number of carbonyl (C=O) groups excluding carboxylic acids is 1. The largest absolute Gasteiger partial charge is 0.507 e. The van der Waals surface area contributed by atoms with E-state index in [-0.39, 0.29) is 17.4 Å². The molecule has 1 amide bonds. The van der Waals surface area contributed by atoms with Gasteiger partial charge in [-0.3, -0.25) is 4.79 Å². The molecule has 4 nitrogen and oxygen atoms in total. The maximum absolute atomic E-state index is 13.8. The van der Waals surface area contributed by atoms with E-state index in [4.69, 9.17) is 4.74 Å². The highest BCUT2D eigenvalue weighted by Crippen LogP contribution is 2.27. The van der Waals surface area contributed by atoms with Crippen LogP contribution in [-0.4, -0.2) is 46.0 Å². The van der Waals surface area contributed by atoms with Crippen molar-refractivity contribution in [2.24, 2.45) is 0 Å². The maximum atomic E-state index is 13.8. The molecule has 1 fully saturated rings. The van der Waals surface area contributed by atoms with Crippen LogP contribution in [0, 0.1) is 5.82 Å². The molecule has 1 aromatic rings. The van der Waals surface area contributed by atoms with Crippen molar-refractivity contribution >= 4 is 21.8 Å². The first-order chi connectivity index (χ1) is 9.34. The molecule has 1 aromatic carbocycles. The van der Waals surface area contributed by atoms with Crippen molar-refractivity contribution in [1.29, 1.82) is 0 Å². The molecule has 0 spiro atoms. The molecule has 2 rings (SSSR count). The summed E-state index contributed by atoms with van der Waals surface area (Å²) < 4.78 is 19.6. The number of benzene rings is 1. The third-order valence-electron chi connectivity index (χ3n) is 3.15. The molecular weight excluding hydrogens is 329 g/mol. The molecule has 20 heavy (non-hydrogen) atoms. The maximum Gasteiger partial charge on any atom is 0.260 e. The average Bonchev–Trinajstić information content (AvgIpc) is 2.36. The number of aromatic hydroxyl groups is 1. The molecule has 0 saturated carbocycles. The third-order valence-corrected chi connectivity index (χ3v) is 3.87. The summed E-state index contributed by atoms with van der Waals surface area (Å²) in [5.74, 6) is -1.56.